The highest BCUT2D eigenvalue weighted by Gasteiger charge is 2.24. The van der Waals surface area contributed by atoms with E-state index in [1.165, 1.54) is 0 Å². The standard InChI is InChI=1S/C19H30N4O2S2/c20-15(19(25)23-10-11-27-13-23)8-4-5-9-22-18(24)17(26)16(21)12-14-6-2-1-3-7-14/h1-3,6-7,15-17,26H,4-5,8-13,20-21H2,(H,22,24). The summed E-state index contributed by atoms with van der Waals surface area (Å²) in [6, 6.07) is 9.04. The topological polar surface area (TPSA) is 101 Å². The predicted octanol–water partition coefficient (Wildman–Crippen LogP) is 1.00. The molecule has 8 heteroatoms. The van der Waals surface area contributed by atoms with Gasteiger partial charge in [0.15, 0.2) is 0 Å². The third-order valence-electron chi connectivity index (χ3n) is 4.61. The molecule has 0 saturated carbocycles. The van der Waals surface area contributed by atoms with Crippen LogP contribution in [0.4, 0.5) is 0 Å². The molecule has 1 aliphatic heterocycles. The Morgan fingerprint density at radius 1 is 1.22 bits per heavy atom. The molecule has 1 heterocycles. The third-order valence-corrected chi connectivity index (χ3v) is 6.19. The minimum absolute atomic E-state index is 0.0337. The molecule has 2 rings (SSSR count). The smallest absolute Gasteiger partial charge is 0.240 e. The van der Waals surface area contributed by atoms with Crippen LogP contribution in [0, 0.1) is 0 Å². The number of nitrogens with two attached hydrogens (primary N) is 2. The zero-order valence-electron chi connectivity index (χ0n) is 15.5. The lowest BCUT2D eigenvalue weighted by Gasteiger charge is -2.20. The van der Waals surface area contributed by atoms with Crippen LogP contribution < -0.4 is 16.8 Å². The summed E-state index contributed by atoms with van der Waals surface area (Å²) in [5, 5.41) is 2.32. The van der Waals surface area contributed by atoms with Gasteiger partial charge in [0.25, 0.3) is 0 Å². The average molecular weight is 411 g/mol. The quantitative estimate of drug-likeness (QED) is 0.341. The predicted molar refractivity (Wildman–Crippen MR) is 115 cm³/mol. The number of rotatable bonds is 10. The van der Waals surface area contributed by atoms with Crippen molar-refractivity contribution >= 4 is 36.2 Å². The molecule has 1 aliphatic rings. The number of benzene rings is 1. The molecule has 2 amide bonds. The SMILES string of the molecule is NC(CCCCNC(=O)C(S)C(N)Cc1ccccc1)C(=O)N1CCSC1. The fourth-order valence-corrected chi connectivity index (χ4v) is 4.10. The molecule has 1 aromatic rings. The van der Waals surface area contributed by atoms with Gasteiger partial charge in [-0.25, -0.2) is 0 Å². The summed E-state index contributed by atoms with van der Waals surface area (Å²) in [6.07, 6.45) is 2.80. The molecule has 1 fully saturated rings. The van der Waals surface area contributed by atoms with E-state index in [0.717, 1.165) is 36.6 Å². The van der Waals surface area contributed by atoms with Crippen LogP contribution in [0.3, 0.4) is 0 Å². The highest BCUT2D eigenvalue weighted by molar-refractivity contribution is 7.99. The van der Waals surface area contributed by atoms with E-state index in [9.17, 15) is 9.59 Å². The Hall–Kier alpha value is -1.22. The molecule has 3 unspecified atom stereocenters. The first-order valence-corrected chi connectivity index (χ1v) is 11.0. The average Bonchev–Trinajstić information content (AvgIpc) is 3.21. The third kappa shape index (κ3) is 7.37. The molecule has 150 valence electrons. The summed E-state index contributed by atoms with van der Waals surface area (Å²) in [6.45, 7) is 1.33. The summed E-state index contributed by atoms with van der Waals surface area (Å²) >= 11 is 6.13. The Bertz CT molecular complexity index is 597. The van der Waals surface area contributed by atoms with E-state index < -0.39 is 11.3 Å². The van der Waals surface area contributed by atoms with Crippen molar-refractivity contribution in [2.24, 2.45) is 11.5 Å². The van der Waals surface area contributed by atoms with Gasteiger partial charge in [0.05, 0.1) is 17.2 Å². The van der Waals surface area contributed by atoms with Crippen molar-refractivity contribution in [1.82, 2.24) is 10.2 Å². The number of thiol groups is 1. The monoisotopic (exact) mass is 410 g/mol. The zero-order chi connectivity index (χ0) is 19.6. The van der Waals surface area contributed by atoms with E-state index >= 15 is 0 Å². The van der Waals surface area contributed by atoms with Crippen molar-refractivity contribution in [3.63, 3.8) is 0 Å². The fraction of sp³-hybridized carbons (Fsp3) is 0.579. The molecule has 1 aromatic carbocycles. The Kier molecular flexibility index (Phi) is 9.47. The summed E-state index contributed by atoms with van der Waals surface area (Å²) in [5.74, 6) is 1.61. The van der Waals surface area contributed by atoms with Crippen LogP contribution in [-0.4, -0.2) is 58.8 Å². The summed E-state index contributed by atoms with van der Waals surface area (Å²) in [5.41, 5.74) is 13.2. The van der Waals surface area contributed by atoms with Crippen LogP contribution >= 0.6 is 24.4 Å². The van der Waals surface area contributed by atoms with Crippen LogP contribution in [0.2, 0.25) is 0 Å². The molecule has 0 aliphatic carbocycles. The number of thioether (sulfide) groups is 1. The summed E-state index contributed by atoms with van der Waals surface area (Å²) < 4.78 is 0. The lowest BCUT2D eigenvalue weighted by atomic mass is 10.0. The van der Waals surface area contributed by atoms with Gasteiger partial charge in [-0.15, -0.1) is 11.8 Å². The van der Waals surface area contributed by atoms with Gasteiger partial charge in [-0.05, 0) is 31.2 Å². The largest absolute Gasteiger partial charge is 0.355 e. The maximum atomic E-state index is 12.2. The van der Waals surface area contributed by atoms with Gasteiger partial charge in [-0.1, -0.05) is 30.3 Å². The molecule has 0 aromatic heterocycles. The molecule has 5 N–H and O–H groups in total. The number of carbonyl (C=O) groups excluding carboxylic acids is 2. The second-order valence-corrected chi connectivity index (χ2v) is 8.46. The molecular formula is C19H30N4O2S2. The molecule has 1 saturated heterocycles. The minimum atomic E-state index is -0.554. The van der Waals surface area contributed by atoms with E-state index in [4.69, 9.17) is 11.5 Å². The van der Waals surface area contributed by atoms with E-state index in [0.29, 0.717) is 19.4 Å². The number of carbonyl (C=O) groups is 2. The first-order chi connectivity index (χ1) is 13.0. The minimum Gasteiger partial charge on any atom is -0.355 e. The summed E-state index contributed by atoms with van der Waals surface area (Å²) in [7, 11) is 0. The molecule has 3 atom stereocenters. The second kappa shape index (κ2) is 11.6. The zero-order valence-corrected chi connectivity index (χ0v) is 17.3. The van der Waals surface area contributed by atoms with Crippen LogP contribution in [-0.2, 0) is 16.0 Å². The lowest BCUT2D eigenvalue weighted by Crippen LogP contribution is -2.44. The highest BCUT2D eigenvalue weighted by atomic mass is 32.2. The van der Waals surface area contributed by atoms with Crippen molar-refractivity contribution in [2.75, 3.05) is 24.7 Å². The van der Waals surface area contributed by atoms with Gasteiger partial charge in [-0.2, -0.15) is 12.6 Å². The molecule has 0 radical (unpaired) electrons. The molecule has 0 bridgehead atoms. The van der Waals surface area contributed by atoms with Gasteiger partial charge in [0, 0.05) is 24.9 Å². The van der Waals surface area contributed by atoms with E-state index in [-0.39, 0.29) is 17.9 Å². The maximum absolute atomic E-state index is 12.2. The first-order valence-electron chi connectivity index (χ1n) is 9.36. The van der Waals surface area contributed by atoms with Crippen LogP contribution in [0.15, 0.2) is 30.3 Å². The van der Waals surface area contributed by atoms with Gasteiger partial charge < -0.3 is 21.7 Å². The van der Waals surface area contributed by atoms with Crippen LogP contribution in [0.1, 0.15) is 24.8 Å². The number of hydrogen-bond donors (Lipinski definition) is 4. The van der Waals surface area contributed by atoms with E-state index in [1.807, 2.05) is 35.2 Å². The van der Waals surface area contributed by atoms with Crippen LogP contribution in [0.5, 0.6) is 0 Å². The Balaban J connectivity index is 1.60. The van der Waals surface area contributed by atoms with E-state index in [2.05, 4.69) is 17.9 Å². The number of nitrogens with zero attached hydrogens (tertiary/aromatic N) is 1. The first kappa shape index (κ1) is 22.1. The van der Waals surface area contributed by atoms with Gasteiger partial charge in [0.1, 0.15) is 0 Å². The number of hydrogen-bond acceptors (Lipinski definition) is 6. The van der Waals surface area contributed by atoms with Crippen molar-refractivity contribution in [3.8, 4) is 0 Å². The summed E-state index contributed by atoms with van der Waals surface area (Å²) in [4.78, 5) is 26.1. The van der Waals surface area contributed by atoms with Crippen molar-refractivity contribution < 1.29 is 9.59 Å². The Morgan fingerprint density at radius 2 is 1.96 bits per heavy atom. The highest BCUT2D eigenvalue weighted by Crippen LogP contribution is 2.15. The van der Waals surface area contributed by atoms with Crippen molar-refractivity contribution in [3.05, 3.63) is 35.9 Å². The lowest BCUT2D eigenvalue weighted by molar-refractivity contribution is -0.131. The van der Waals surface area contributed by atoms with E-state index in [1.54, 1.807) is 11.8 Å². The second-order valence-electron chi connectivity index (χ2n) is 6.83. The number of nitrogens with one attached hydrogen (secondary N) is 1. The Labute approximate surface area is 171 Å². The van der Waals surface area contributed by atoms with Gasteiger partial charge >= 0.3 is 0 Å². The number of unbranched alkanes of at least 4 members (excludes halogenated alkanes) is 1. The molecule has 27 heavy (non-hydrogen) atoms. The van der Waals surface area contributed by atoms with Crippen molar-refractivity contribution in [1.29, 1.82) is 0 Å². The van der Waals surface area contributed by atoms with Gasteiger partial charge in [0.2, 0.25) is 11.8 Å². The molecule has 0 spiro atoms. The molecule has 6 nitrogen and oxygen atoms in total. The van der Waals surface area contributed by atoms with Gasteiger partial charge in [-0.3, -0.25) is 9.59 Å². The Morgan fingerprint density at radius 3 is 2.63 bits per heavy atom. The normalized spacial score (nSPS) is 17.4. The van der Waals surface area contributed by atoms with Crippen LogP contribution in [0.25, 0.3) is 0 Å². The molecular weight excluding hydrogens is 380 g/mol. The number of amides is 2. The fourth-order valence-electron chi connectivity index (χ4n) is 2.94. The maximum Gasteiger partial charge on any atom is 0.240 e. The van der Waals surface area contributed by atoms with Crippen molar-refractivity contribution in [2.45, 2.75) is 43.0 Å².